The predicted octanol–water partition coefficient (Wildman–Crippen LogP) is 3.89. The molecule has 1 aromatic heterocycles. The summed E-state index contributed by atoms with van der Waals surface area (Å²) in [5.41, 5.74) is 0.191. The number of rotatable bonds is 2. The Morgan fingerprint density at radius 3 is 2.83 bits per heavy atom. The second-order valence-electron chi connectivity index (χ2n) is 3.44. The number of amides is 1. The molecule has 1 heterocycles. The summed E-state index contributed by atoms with van der Waals surface area (Å²) >= 11 is 8.96. The van der Waals surface area contributed by atoms with Crippen molar-refractivity contribution in [2.45, 2.75) is 0 Å². The third kappa shape index (κ3) is 3.05. The van der Waals surface area contributed by atoms with E-state index in [1.54, 1.807) is 6.07 Å². The number of halogens is 3. The van der Waals surface area contributed by atoms with Crippen LogP contribution in [0.5, 0.6) is 0 Å². The van der Waals surface area contributed by atoms with Gasteiger partial charge >= 0.3 is 0 Å². The van der Waals surface area contributed by atoms with Crippen LogP contribution in [-0.2, 0) is 0 Å². The van der Waals surface area contributed by atoms with Crippen molar-refractivity contribution >= 4 is 39.3 Å². The van der Waals surface area contributed by atoms with Gasteiger partial charge < -0.3 is 5.32 Å². The van der Waals surface area contributed by atoms with Crippen LogP contribution < -0.4 is 5.32 Å². The molecule has 18 heavy (non-hydrogen) atoms. The molecule has 1 amide bonds. The van der Waals surface area contributed by atoms with Gasteiger partial charge in [0, 0.05) is 15.7 Å². The average molecular weight is 330 g/mol. The molecule has 0 aliphatic heterocycles. The highest BCUT2D eigenvalue weighted by Gasteiger charge is 2.12. The van der Waals surface area contributed by atoms with E-state index in [-0.39, 0.29) is 5.56 Å². The van der Waals surface area contributed by atoms with Crippen molar-refractivity contribution in [3.63, 3.8) is 0 Å². The largest absolute Gasteiger partial charge is 0.306 e. The molecule has 6 heteroatoms. The lowest BCUT2D eigenvalue weighted by atomic mass is 10.2. The maximum Gasteiger partial charge on any atom is 0.258 e. The van der Waals surface area contributed by atoms with Gasteiger partial charge in [-0.25, -0.2) is 9.37 Å². The number of nitrogens with zero attached hydrogens (tertiary/aromatic N) is 1. The highest BCUT2D eigenvalue weighted by atomic mass is 79.9. The summed E-state index contributed by atoms with van der Waals surface area (Å²) in [5, 5.41) is 2.99. The molecule has 0 spiro atoms. The van der Waals surface area contributed by atoms with Crippen LogP contribution in [0.25, 0.3) is 0 Å². The van der Waals surface area contributed by atoms with Gasteiger partial charge in [0.05, 0.1) is 5.56 Å². The molecule has 0 atom stereocenters. The number of hydrogen-bond donors (Lipinski definition) is 1. The maximum atomic E-state index is 13.1. The number of hydrogen-bond acceptors (Lipinski definition) is 2. The molecule has 0 radical (unpaired) electrons. The van der Waals surface area contributed by atoms with Crippen LogP contribution in [0.3, 0.4) is 0 Å². The fraction of sp³-hybridized carbons (Fsp3) is 0. The van der Waals surface area contributed by atoms with Gasteiger partial charge in [-0.1, -0.05) is 11.6 Å². The number of anilines is 1. The van der Waals surface area contributed by atoms with Crippen molar-refractivity contribution in [1.29, 1.82) is 0 Å². The quantitative estimate of drug-likeness (QED) is 0.908. The molecule has 0 bridgehead atoms. The second-order valence-corrected chi connectivity index (χ2v) is 4.73. The minimum absolute atomic E-state index is 0.191. The third-order valence-electron chi connectivity index (χ3n) is 2.14. The molecule has 1 aromatic carbocycles. The van der Waals surface area contributed by atoms with E-state index in [0.29, 0.717) is 15.3 Å². The van der Waals surface area contributed by atoms with Crippen molar-refractivity contribution in [3.05, 3.63) is 57.4 Å². The smallest absolute Gasteiger partial charge is 0.258 e. The van der Waals surface area contributed by atoms with Gasteiger partial charge in [0.15, 0.2) is 0 Å². The SMILES string of the molecule is O=C(Nc1cc(Cl)ccn1)c1cc(F)ccc1Br. The van der Waals surface area contributed by atoms with Crippen LogP contribution in [0.4, 0.5) is 10.2 Å². The van der Waals surface area contributed by atoms with Crippen molar-refractivity contribution in [2.75, 3.05) is 5.32 Å². The van der Waals surface area contributed by atoms with Gasteiger partial charge in [-0.15, -0.1) is 0 Å². The Hall–Kier alpha value is -1.46. The number of pyridine rings is 1. The third-order valence-corrected chi connectivity index (χ3v) is 3.06. The Bertz CT molecular complexity index is 606. The number of nitrogens with one attached hydrogen (secondary N) is 1. The standard InChI is InChI=1S/C12H7BrClFN2O/c13-10-2-1-8(15)6-9(10)12(18)17-11-5-7(14)3-4-16-11/h1-6H,(H,16,17,18). The molecular formula is C12H7BrClFN2O. The van der Waals surface area contributed by atoms with Gasteiger partial charge in [-0.3, -0.25) is 4.79 Å². The lowest BCUT2D eigenvalue weighted by Gasteiger charge is -2.06. The van der Waals surface area contributed by atoms with E-state index in [9.17, 15) is 9.18 Å². The molecule has 0 fully saturated rings. The van der Waals surface area contributed by atoms with Crippen molar-refractivity contribution in [3.8, 4) is 0 Å². The fourth-order valence-corrected chi connectivity index (χ4v) is 1.91. The van der Waals surface area contributed by atoms with Gasteiger partial charge in [-0.2, -0.15) is 0 Å². The normalized spacial score (nSPS) is 10.2. The van der Waals surface area contributed by atoms with E-state index in [4.69, 9.17) is 11.6 Å². The summed E-state index contributed by atoms with van der Waals surface area (Å²) in [7, 11) is 0. The summed E-state index contributed by atoms with van der Waals surface area (Å²) in [6.07, 6.45) is 1.47. The summed E-state index contributed by atoms with van der Waals surface area (Å²) in [6.45, 7) is 0. The monoisotopic (exact) mass is 328 g/mol. The van der Waals surface area contributed by atoms with Crippen LogP contribution in [0, 0.1) is 5.82 Å². The predicted molar refractivity (Wildman–Crippen MR) is 71.3 cm³/mol. The summed E-state index contributed by atoms with van der Waals surface area (Å²) in [4.78, 5) is 15.8. The molecule has 0 unspecified atom stereocenters. The van der Waals surface area contributed by atoms with Crippen LogP contribution in [0.15, 0.2) is 41.0 Å². The topological polar surface area (TPSA) is 42.0 Å². The first-order valence-electron chi connectivity index (χ1n) is 4.94. The summed E-state index contributed by atoms with van der Waals surface area (Å²) < 4.78 is 13.6. The highest BCUT2D eigenvalue weighted by molar-refractivity contribution is 9.10. The van der Waals surface area contributed by atoms with E-state index in [1.807, 2.05) is 0 Å². The van der Waals surface area contributed by atoms with Gasteiger partial charge in [-0.05, 0) is 46.3 Å². The lowest BCUT2D eigenvalue weighted by molar-refractivity contribution is 0.102. The lowest BCUT2D eigenvalue weighted by Crippen LogP contribution is -2.13. The van der Waals surface area contributed by atoms with Crippen LogP contribution in [0.1, 0.15) is 10.4 Å². The van der Waals surface area contributed by atoms with E-state index in [2.05, 4.69) is 26.2 Å². The molecule has 0 saturated heterocycles. The van der Waals surface area contributed by atoms with Gasteiger partial charge in [0.25, 0.3) is 5.91 Å². The average Bonchev–Trinajstić information content (AvgIpc) is 2.32. The molecule has 0 aliphatic rings. The number of benzene rings is 1. The minimum Gasteiger partial charge on any atom is -0.306 e. The zero-order valence-electron chi connectivity index (χ0n) is 8.95. The molecular weight excluding hydrogens is 322 g/mol. The van der Waals surface area contributed by atoms with Crippen molar-refractivity contribution in [1.82, 2.24) is 4.98 Å². The first-order chi connectivity index (χ1) is 8.56. The fourth-order valence-electron chi connectivity index (χ4n) is 1.33. The summed E-state index contributed by atoms with van der Waals surface area (Å²) in [6, 6.07) is 6.97. The van der Waals surface area contributed by atoms with Crippen LogP contribution in [0.2, 0.25) is 5.02 Å². The number of carbonyl (C=O) groups excluding carboxylic acids is 1. The Morgan fingerprint density at radius 2 is 2.11 bits per heavy atom. The second kappa shape index (κ2) is 5.46. The van der Waals surface area contributed by atoms with Gasteiger partial charge in [0.1, 0.15) is 11.6 Å². The minimum atomic E-state index is -0.484. The van der Waals surface area contributed by atoms with Crippen molar-refractivity contribution < 1.29 is 9.18 Å². The maximum absolute atomic E-state index is 13.1. The Balaban J connectivity index is 2.24. The Morgan fingerprint density at radius 1 is 1.33 bits per heavy atom. The van der Waals surface area contributed by atoms with Crippen molar-refractivity contribution in [2.24, 2.45) is 0 Å². The molecule has 0 aliphatic carbocycles. The Kier molecular flexibility index (Phi) is 3.93. The Labute approximate surface area is 116 Å². The van der Waals surface area contributed by atoms with E-state index < -0.39 is 11.7 Å². The number of carbonyl (C=O) groups is 1. The zero-order chi connectivity index (χ0) is 13.1. The molecule has 0 saturated carbocycles. The van der Waals surface area contributed by atoms with Crippen LogP contribution in [-0.4, -0.2) is 10.9 Å². The van der Waals surface area contributed by atoms with Gasteiger partial charge in [0.2, 0.25) is 0 Å². The molecule has 1 N–H and O–H groups in total. The molecule has 92 valence electrons. The molecule has 2 aromatic rings. The highest BCUT2D eigenvalue weighted by Crippen LogP contribution is 2.19. The molecule has 2 rings (SSSR count). The zero-order valence-corrected chi connectivity index (χ0v) is 11.3. The van der Waals surface area contributed by atoms with E-state index in [0.717, 1.165) is 6.07 Å². The molecule has 3 nitrogen and oxygen atoms in total. The van der Waals surface area contributed by atoms with E-state index >= 15 is 0 Å². The van der Waals surface area contributed by atoms with E-state index in [1.165, 1.54) is 24.4 Å². The van der Waals surface area contributed by atoms with Crippen LogP contribution >= 0.6 is 27.5 Å². The summed E-state index contributed by atoms with van der Waals surface area (Å²) in [5.74, 6) is -0.637. The number of aromatic nitrogens is 1. The first-order valence-corrected chi connectivity index (χ1v) is 6.11. The first kappa shape index (κ1) is 13.0.